The lowest BCUT2D eigenvalue weighted by Crippen LogP contribution is -2.33. The van der Waals surface area contributed by atoms with E-state index >= 15 is 0 Å². The van der Waals surface area contributed by atoms with Crippen LogP contribution in [0.15, 0.2) is 10.9 Å². The van der Waals surface area contributed by atoms with E-state index in [1.54, 1.807) is 0 Å². The van der Waals surface area contributed by atoms with Gasteiger partial charge in [-0.05, 0) is 33.6 Å². The summed E-state index contributed by atoms with van der Waals surface area (Å²) < 4.78 is 0. The summed E-state index contributed by atoms with van der Waals surface area (Å²) in [7, 11) is 4.06. The van der Waals surface area contributed by atoms with Crippen molar-refractivity contribution >= 4 is 0 Å². The molecule has 0 radical (unpaired) electrons. The van der Waals surface area contributed by atoms with Crippen molar-refractivity contribution in [1.82, 2.24) is 19.8 Å². The SMILES string of the molecule is CN1CCCN(C)C(c2nc(O)cc(=O)[nH]2)C1. The van der Waals surface area contributed by atoms with E-state index in [1.165, 1.54) is 0 Å². The lowest BCUT2D eigenvalue weighted by atomic mass is 10.2. The monoisotopic (exact) mass is 238 g/mol. The summed E-state index contributed by atoms with van der Waals surface area (Å²) >= 11 is 0. The Kier molecular flexibility index (Phi) is 3.44. The summed E-state index contributed by atoms with van der Waals surface area (Å²) in [4.78, 5) is 22.4. The Labute approximate surface area is 99.9 Å². The van der Waals surface area contributed by atoms with E-state index in [2.05, 4.69) is 19.8 Å². The number of hydrogen-bond donors (Lipinski definition) is 2. The van der Waals surface area contributed by atoms with E-state index in [0.717, 1.165) is 32.1 Å². The van der Waals surface area contributed by atoms with Crippen LogP contribution < -0.4 is 5.56 Å². The third-order valence-corrected chi connectivity index (χ3v) is 3.13. The molecule has 0 spiro atoms. The number of H-pyrrole nitrogens is 1. The topological polar surface area (TPSA) is 72.5 Å². The normalized spacial score (nSPS) is 23.5. The van der Waals surface area contributed by atoms with Crippen LogP contribution in [-0.2, 0) is 0 Å². The van der Waals surface area contributed by atoms with E-state index in [-0.39, 0.29) is 17.5 Å². The Bertz CT molecular complexity index is 445. The van der Waals surface area contributed by atoms with Crippen LogP contribution in [0.5, 0.6) is 5.88 Å². The number of likely N-dealkylation sites (N-methyl/N-ethyl adjacent to an activating group) is 2. The highest BCUT2D eigenvalue weighted by atomic mass is 16.3. The van der Waals surface area contributed by atoms with Gasteiger partial charge in [0.25, 0.3) is 5.56 Å². The molecule has 1 aromatic heterocycles. The van der Waals surface area contributed by atoms with Gasteiger partial charge >= 0.3 is 0 Å². The van der Waals surface area contributed by atoms with Gasteiger partial charge < -0.3 is 15.0 Å². The third kappa shape index (κ3) is 2.83. The van der Waals surface area contributed by atoms with Crippen molar-refractivity contribution in [3.8, 4) is 5.88 Å². The summed E-state index contributed by atoms with van der Waals surface area (Å²) in [6.45, 7) is 2.78. The molecule has 6 heteroatoms. The average molecular weight is 238 g/mol. The molecule has 2 N–H and O–H groups in total. The number of nitrogens with zero attached hydrogens (tertiary/aromatic N) is 3. The molecule has 0 bridgehead atoms. The molecule has 0 aliphatic carbocycles. The van der Waals surface area contributed by atoms with Crippen molar-refractivity contribution in [1.29, 1.82) is 0 Å². The zero-order valence-electron chi connectivity index (χ0n) is 10.2. The first-order chi connectivity index (χ1) is 8.06. The molecule has 1 atom stereocenters. The number of aromatic amines is 1. The maximum Gasteiger partial charge on any atom is 0.254 e. The summed E-state index contributed by atoms with van der Waals surface area (Å²) in [5.41, 5.74) is -0.312. The lowest BCUT2D eigenvalue weighted by molar-refractivity contribution is 0.218. The van der Waals surface area contributed by atoms with Crippen molar-refractivity contribution in [3.63, 3.8) is 0 Å². The van der Waals surface area contributed by atoms with Gasteiger partial charge in [0.2, 0.25) is 5.88 Å². The van der Waals surface area contributed by atoms with Crippen LogP contribution >= 0.6 is 0 Å². The maximum absolute atomic E-state index is 11.3. The summed E-state index contributed by atoms with van der Waals surface area (Å²) in [6.07, 6.45) is 1.09. The van der Waals surface area contributed by atoms with Gasteiger partial charge in [0.1, 0.15) is 5.82 Å². The predicted octanol–water partition coefficient (Wildman–Crippen LogP) is -0.216. The standard InChI is InChI=1S/C11H18N4O2/c1-14-4-3-5-15(2)8(7-14)11-12-9(16)6-10(17)13-11/h6,8H,3-5,7H2,1-2H3,(H2,12,13,16,17). The van der Waals surface area contributed by atoms with E-state index in [9.17, 15) is 9.90 Å². The number of nitrogens with one attached hydrogen (secondary N) is 1. The molecule has 2 rings (SSSR count). The molecule has 0 amide bonds. The molecule has 17 heavy (non-hydrogen) atoms. The van der Waals surface area contributed by atoms with Crippen molar-refractivity contribution in [2.24, 2.45) is 0 Å². The molecule has 1 unspecified atom stereocenters. The first-order valence-electron chi connectivity index (χ1n) is 5.75. The van der Waals surface area contributed by atoms with Gasteiger partial charge in [0, 0.05) is 6.54 Å². The lowest BCUT2D eigenvalue weighted by Gasteiger charge is -2.26. The van der Waals surface area contributed by atoms with Crippen molar-refractivity contribution in [2.45, 2.75) is 12.5 Å². The largest absolute Gasteiger partial charge is 0.493 e. The maximum atomic E-state index is 11.3. The second kappa shape index (κ2) is 4.85. The Morgan fingerprint density at radius 2 is 2.24 bits per heavy atom. The second-order valence-corrected chi connectivity index (χ2v) is 4.60. The van der Waals surface area contributed by atoms with E-state index in [1.807, 2.05) is 14.1 Å². The molecular weight excluding hydrogens is 220 g/mol. The van der Waals surface area contributed by atoms with Gasteiger partial charge in [-0.1, -0.05) is 0 Å². The van der Waals surface area contributed by atoms with Crippen LogP contribution in [0.2, 0.25) is 0 Å². The fourth-order valence-electron chi connectivity index (χ4n) is 2.19. The van der Waals surface area contributed by atoms with Crippen LogP contribution in [0.25, 0.3) is 0 Å². The zero-order chi connectivity index (χ0) is 12.4. The van der Waals surface area contributed by atoms with E-state index in [4.69, 9.17) is 0 Å². The van der Waals surface area contributed by atoms with Crippen LogP contribution in [0.3, 0.4) is 0 Å². The molecule has 0 aromatic carbocycles. The van der Waals surface area contributed by atoms with Gasteiger partial charge in [0.05, 0.1) is 12.1 Å². The number of aromatic hydroxyl groups is 1. The predicted molar refractivity (Wildman–Crippen MR) is 64.0 cm³/mol. The highest BCUT2D eigenvalue weighted by Crippen LogP contribution is 2.20. The van der Waals surface area contributed by atoms with Crippen molar-refractivity contribution < 1.29 is 5.11 Å². The van der Waals surface area contributed by atoms with Crippen molar-refractivity contribution in [2.75, 3.05) is 33.7 Å². The highest BCUT2D eigenvalue weighted by Gasteiger charge is 2.24. The van der Waals surface area contributed by atoms with Gasteiger partial charge in [-0.3, -0.25) is 9.69 Å². The van der Waals surface area contributed by atoms with Gasteiger partial charge in [-0.25, -0.2) is 0 Å². The molecule has 0 saturated carbocycles. The molecule has 1 aliphatic heterocycles. The molecule has 1 saturated heterocycles. The van der Waals surface area contributed by atoms with Gasteiger partial charge in [-0.2, -0.15) is 4.98 Å². The molecule has 2 heterocycles. The quantitative estimate of drug-likeness (QED) is 0.708. The van der Waals surface area contributed by atoms with Crippen LogP contribution in [0, 0.1) is 0 Å². The molecule has 6 nitrogen and oxygen atoms in total. The van der Waals surface area contributed by atoms with Crippen LogP contribution in [0.4, 0.5) is 0 Å². The molecule has 1 aliphatic rings. The van der Waals surface area contributed by atoms with Gasteiger partial charge in [-0.15, -0.1) is 0 Å². The highest BCUT2D eigenvalue weighted by molar-refractivity contribution is 5.09. The second-order valence-electron chi connectivity index (χ2n) is 4.60. The Balaban J connectivity index is 2.32. The molecule has 94 valence electrons. The Morgan fingerprint density at radius 3 is 2.94 bits per heavy atom. The fraction of sp³-hybridized carbons (Fsp3) is 0.636. The minimum Gasteiger partial charge on any atom is -0.493 e. The molecule has 1 aromatic rings. The smallest absolute Gasteiger partial charge is 0.254 e. The Hall–Kier alpha value is -1.40. The minimum absolute atomic E-state index is 0.0160. The number of aromatic nitrogens is 2. The summed E-state index contributed by atoms with van der Waals surface area (Å²) in [6, 6.07) is 1.10. The molecular formula is C11H18N4O2. The minimum atomic E-state index is -0.312. The number of rotatable bonds is 1. The number of hydrogen-bond acceptors (Lipinski definition) is 5. The fourth-order valence-corrected chi connectivity index (χ4v) is 2.19. The van der Waals surface area contributed by atoms with E-state index in [0.29, 0.717) is 5.82 Å². The first kappa shape index (κ1) is 12.1. The van der Waals surface area contributed by atoms with Crippen molar-refractivity contribution in [3.05, 3.63) is 22.2 Å². The summed E-state index contributed by atoms with van der Waals surface area (Å²) in [5.74, 6) is 0.315. The Morgan fingerprint density at radius 1 is 1.47 bits per heavy atom. The zero-order valence-corrected chi connectivity index (χ0v) is 10.2. The molecule has 1 fully saturated rings. The average Bonchev–Trinajstić information content (AvgIpc) is 2.39. The summed E-state index contributed by atoms with van der Waals surface area (Å²) in [5, 5.41) is 9.38. The van der Waals surface area contributed by atoms with E-state index < -0.39 is 0 Å². The van der Waals surface area contributed by atoms with Crippen LogP contribution in [0.1, 0.15) is 18.3 Å². The van der Waals surface area contributed by atoms with Gasteiger partial charge in [0.15, 0.2) is 0 Å². The van der Waals surface area contributed by atoms with Crippen LogP contribution in [-0.4, -0.2) is 58.6 Å². The third-order valence-electron chi connectivity index (χ3n) is 3.13. The first-order valence-corrected chi connectivity index (χ1v) is 5.75.